The Hall–Kier alpha value is -3.52. The van der Waals surface area contributed by atoms with Gasteiger partial charge in [0.2, 0.25) is 5.91 Å². The first-order chi connectivity index (χ1) is 14.6. The average Bonchev–Trinajstić information content (AvgIpc) is 3.18. The molecule has 0 fully saturated rings. The average molecular weight is 419 g/mol. The van der Waals surface area contributed by atoms with E-state index in [2.05, 4.69) is 20.5 Å². The molecular formula is C22H18FN5OS. The minimum Gasteiger partial charge on any atom is -0.323 e. The van der Waals surface area contributed by atoms with Crippen LogP contribution >= 0.6 is 11.8 Å². The van der Waals surface area contributed by atoms with Gasteiger partial charge in [0.15, 0.2) is 11.0 Å². The van der Waals surface area contributed by atoms with E-state index in [1.54, 1.807) is 18.3 Å². The van der Waals surface area contributed by atoms with Crippen molar-refractivity contribution < 1.29 is 9.18 Å². The number of benzene rings is 2. The molecular weight excluding hydrogens is 401 g/mol. The molecule has 0 aliphatic heterocycles. The molecule has 0 radical (unpaired) electrons. The molecule has 1 N–H and O–H groups in total. The summed E-state index contributed by atoms with van der Waals surface area (Å²) in [6.45, 7) is 2.00. The molecule has 0 saturated carbocycles. The minimum atomic E-state index is -0.476. The molecule has 8 heteroatoms. The van der Waals surface area contributed by atoms with Crippen molar-refractivity contribution in [3.63, 3.8) is 0 Å². The second-order valence-corrected chi connectivity index (χ2v) is 7.40. The normalized spacial score (nSPS) is 10.7. The fourth-order valence-electron chi connectivity index (χ4n) is 2.93. The van der Waals surface area contributed by atoms with Gasteiger partial charge in [-0.3, -0.25) is 14.3 Å². The largest absolute Gasteiger partial charge is 0.323 e. The van der Waals surface area contributed by atoms with E-state index in [4.69, 9.17) is 0 Å². The summed E-state index contributed by atoms with van der Waals surface area (Å²) in [4.78, 5) is 16.7. The molecule has 0 aliphatic carbocycles. The molecule has 0 saturated heterocycles. The molecule has 4 aromatic rings. The van der Waals surface area contributed by atoms with Crippen LogP contribution in [0.5, 0.6) is 0 Å². The van der Waals surface area contributed by atoms with Crippen LogP contribution in [0.15, 0.2) is 78.1 Å². The van der Waals surface area contributed by atoms with Crippen molar-refractivity contribution >= 4 is 23.4 Å². The number of carbonyl (C=O) groups excluding carboxylic acids is 1. The first kappa shape index (κ1) is 19.8. The number of carbonyl (C=O) groups is 1. The minimum absolute atomic E-state index is 0.0561. The van der Waals surface area contributed by atoms with E-state index in [9.17, 15) is 9.18 Å². The van der Waals surface area contributed by atoms with Gasteiger partial charge in [0, 0.05) is 6.20 Å². The van der Waals surface area contributed by atoms with Gasteiger partial charge in [0.1, 0.15) is 11.5 Å². The quantitative estimate of drug-likeness (QED) is 0.466. The van der Waals surface area contributed by atoms with Crippen molar-refractivity contribution in [3.8, 4) is 17.2 Å². The van der Waals surface area contributed by atoms with Crippen molar-refractivity contribution in [1.29, 1.82) is 0 Å². The number of aryl methyl sites for hydroxylation is 1. The molecule has 2 aromatic heterocycles. The predicted molar refractivity (Wildman–Crippen MR) is 115 cm³/mol. The van der Waals surface area contributed by atoms with Gasteiger partial charge in [-0.1, -0.05) is 48.2 Å². The van der Waals surface area contributed by atoms with Crippen LogP contribution in [0, 0.1) is 12.7 Å². The zero-order chi connectivity index (χ0) is 20.9. The third-order valence-corrected chi connectivity index (χ3v) is 5.29. The molecule has 2 aromatic carbocycles. The van der Waals surface area contributed by atoms with Crippen molar-refractivity contribution in [2.75, 3.05) is 11.1 Å². The van der Waals surface area contributed by atoms with E-state index in [1.807, 2.05) is 54.0 Å². The Bertz CT molecular complexity index is 1180. The van der Waals surface area contributed by atoms with Gasteiger partial charge in [0.05, 0.1) is 17.1 Å². The molecule has 0 bridgehead atoms. The number of pyridine rings is 1. The van der Waals surface area contributed by atoms with Crippen molar-refractivity contribution in [2.24, 2.45) is 0 Å². The van der Waals surface area contributed by atoms with Crippen LogP contribution in [0.3, 0.4) is 0 Å². The van der Waals surface area contributed by atoms with E-state index < -0.39 is 5.82 Å². The summed E-state index contributed by atoms with van der Waals surface area (Å²) in [5.74, 6) is -0.164. The summed E-state index contributed by atoms with van der Waals surface area (Å²) in [5, 5.41) is 11.7. The van der Waals surface area contributed by atoms with Crippen LogP contribution in [0.2, 0.25) is 0 Å². The molecule has 150 valence electrons. The first-order valence-electron chi connectivity index (χ1n) is 9.23. The number of aromatic nitrogens is 4. The summed E-state index contributed by atoms with van der Waals surface area (Å²) in [7, 11) is 0. The highest BCUT2D eigenvalue weighted by molar-refractivity contribution is 7.99. The van der Waals surface area contributed by atoms with E-state index in [0.717, 1.165) is 11.3 Å². The molecule has 1 amide bonds. The molecule has 6 nitrogen and oxygen atoms in total. The number of nitrogens with zero attached hydrogens (tertiary/aromatic N) is 4. The van der Waals surface area contributed by atoms with Crippen molar-refractivity contribution in [2.45, 2.75) is 12.1 Å². The Labute approximate surface area is 177 Å². The number of amides is 1. The maximum absolute atomic E-state index is 13.8. The third kappa shape index (κ3) is 4.23. The summed E-state index contributed by atoms with van der Waals surface area (Å²) in [6, 6.07) is 19.5. The number of hydrogen-bond donors (Lipinski definition) is 1. The molecule has 0 aliphatic rings. The zero-order valence-electron chi connectivity index (χ0n) is 16.1. The summed E-state index contributed by atoms with van der Waals surface area (Å²) in [5.41, 5.74) is 2.76. The van der Waals surface area contributed by atoms with Crippen LogP contribution in [0.25, 0.3) is 17.2 Å². The van der Waals surface area contributed by atoms with Gasteiger partial charge >= 0.3 is 0 Å². The Morgan fingerprint density at radius 2 is 1.80 bits per heavy atom. The summed E-state index contributed by atoms with van der Waals surface area (Å²) >= 11 is 1.23. The topological polar surface area (TPSA) is 72.7 Å². The molecule has 0 unspecified atom stereocenters. The van der Waals surface area contributed by atoms with Crippen molar-refractivity contribution in [1.82, 2.24) is 19.7 Å². The van der Waals surface area contributed by atoms with E-state index >= 15 is 0 Å². The number of anilines is 1. The van der Waals surface area contributed by atoms with Gasteiger partial charge in [-0.25, -0.2) is 4.39 Å². The lowest BCUT2D eigenvalue weighted by Gasteiger charge is -2.12. The fraction of sp³-hybridized carbons (Fsp3) is 0.0909. The highest BCUT2D eigenvalue weighted by atomic mass is 32.2. The van der Waals surface area contributed by atoms with Crippen LogP contribution in [0.1, 0.15) is 5.56 Å². The van der Waals surface area contributed by atoms with Crippen LogP contribution in [0.4, 0.5) is 10.1 Å². The SMILES string of the molecule is Cc1ccccc1-n1c(SCC(=O)Nc2ccccc2F)nnc1-c1ccccn1. The molecule has 2 heterocycles. The monoisotopic (exact) mass is 419 g/mol. The van der Waals surface area contributed by atoms with E-state index in [-0.39, 0.29) is 17.3 Å². The molecule has 4 rings (SSSR count). The predicted octanol–water partition coefficient (Wildman–Crippen LogP) is 4.51. The van der Waals surface area contributed by atoms with Gasteiger partial charge in [-0.2, -0.15) is 0 Å². The van der Waals surface area contributed by atoms with Gasteiger partial charge < -0.3 is 5.32 Å². The van der Waals surface area contributed by atoms with Crippen molar-refractivity contribution in [3.05, 3.63) is 84.3 Å². The second-order valence-electron chi connectivity index (χ2n) is 6.46. The third-order valence-electron chi connectivity index (χ3n) is 4.36. The van der Waals surface area contributed by atoms with Gasteiger partial charge in [-0.15, -0.1) is 10.2 Å². The highest BCUT2D eigenvalue weighted by Gasteiger charge is 2.19. The summed E-state index contributed by atoms with van der Waals surface area (Å²) < 4.78 is 15.7. The number of rotatable bonds is 6. The Morgan fingerprint density at radius 3 is 2.57 bits per heavy atom. The molecule has 0 atom stereocenters. The Kier molecular flexibility index (Phi) is 5.85. The lowest BCUT2D eigenvalue weighted by molar-refractivity contribution is -0.113. The van der Waals surface area contributed by atoms with Crippen LogP contribution in [-0.2, 0) is 4.79 Å². The molecule has 30 heavy (non-hydrogen) atoms. The highest BCUT2D eigenvalue weighted by Crippen LogP contribution is 2.28. The molecule has 0 spiro atoms. The van der Waals surface area contributed by atoms with E-state index in [0.29, 0.717) is 16.7 Å². The van der Waals surface area contributed by atoms with Crippen LogP contribution < -0.4 is 5.32 Å². The lowest BCUT2D eigenvalue weighted by Crippen LogP contribution is -2.15. The van der Waals surface area contributed by atoms with Gasteiger partial charge in [0.25, 0.3) is 0 Å². The maximum atomic E-state index is 13.8. The smallest absolute Gasteiger partial charge is 0.234 e. The number of para-hydroxylation sites is 2. The first-order valence-corrected chi connectivity index (χ1v) is 10.2. The Morgan fingerprint density at radius 1 is 1.03 bits per heavy atom. The van der Waals surface area contributed by atoms with E-state index in [1.165, 1.54) is 23.9 Å². The Balaban J connectivity index is 1.62. The number of halogens is 1. The zero-order valence-corrected chi connectivity index (χ0v) is 16.9. The number of thioether (sulfide) groups is 1. The van der Waals surface area contributed by atoms with Gasteiger partial charge in [-0.05, 0) is 42.8 Å². The standard InChI is InChI=1S/C22H18FN5OS/c1-15-8-2-5-12-19(15)28-21(18-11-6-7-13-24-18)26-27-22(28)30-14-20(29)25-17-10-4-3-9-16(17)23/h2-13H,14H2,1H3,(H,25,29). The number of nitrogens with one attached hydrogen (secondary N) is 1. The lowest BCUT2D eigenvalue weighted by atomic mass is 10.2. The number of hydrogen-bond acceptors (Lipinski definition) is 5. The second kappa shape index (κ2) is 8.87. The maximum Gasteiger partial charge on any atom is 0.234 e. The fourth-order valence-corrected chi connectivity index (χ4v) is 3.68. The van der Waals surface area contributed by atoms with Crippen LogP contribution in [-0.4, -0.2) is 31.4 Å². The summed E-state index contributed by atoms with van der Waals surface area (Å²) in [6.07, 6.45) is 1.70.